The van der Waals surface area contributed by atoms with Crippen LogP contribution in [-0.4, -0.2) is 45.4 Å². The number of nitrogens with one attached hydrogen (secondary N) is 1. The Bertz CT molecular complexity index is 1140. The number of rotatable bonds is 7. The summed E-state index contributed by atoms with van der Waals surface area (Å²) in [6, 6.07) is 8.82. The molecule has 168 valence electrons. The van der Waals surface area contributed by atoms with E-state index in [1.807, 2.05) is 13.8 Å². The molecule has 0 aliphatic carbocycles. The summed E-state index contributed by atoms with van der Waals surface area (Å²) in [6.07, 6.45) is 0.756. The number of hydrogen-bond donors (Lipinski definition) is 2. The van der Waals surface area contributed by atoms with Crippen LogP contribution in [0, 0.1) is 12.7 Å². The van der Waals surface area contributed by atoms with Gasteiger partial charge in [-0.15, -0.1) is 0 Å². The van der Waals surface area contributed by atoms with Crippen molar-refractivity contribution in [1.82, 2.24) is 15.1 Å². The molecule has 1 atom stereocenters. The Kier molecular flexibility index (Phi) is 6.22. The van der Waals surface area contributed by atoms with Gasteiger partial charge in [-0.05, 0) is 62.6 Å². The Hall–Kier alpha value is -2.90. The maximum absolute atomic E-state index is 13.6. The van der Waals surface area contributed by atoms with Gasteiger partial charge < -0.3 is 14.7 Å². The van der Waals surface area contributed by atoms with E-state index < -0.39 is 6.04 Å². The Morgan fingerprint density at radius 2 is 2.00 bits per heavy atom. The highest BCUT2D eigenvalue weighted by Crippen LogP contribution is 2.45. The van der Waals surface area contributed by atoms with Crippen molar-refractivity contribution in [2.45, 2.75) is 39.3 Å². The average Bonchev–Trinajstić information content (AvgIpc) is 3.28. The third-order valence-electron chi connectivity index (χ3n) is 5.58. The fourth-order valence-electron chi connectivity index (χ4n) is 4.03. The van der Waals surface area contributed by atoms with Crippen molar-refractivity contribution in [3.8, 4) is 17.0 Å². The number of nitrogens with zero attached hydrogens (tertiary/aromatic N) is 2. The molecule has 1 amide bonds. The summed E-state index contributed by atoms with van der Waals surface area (Å²) in [5.74, 6) is -0.531. The van der Waals surface area contributed by atoms with Crippen LogP contribution in [0.2, 0.25) is 5.02 Å². The van der Waals surface area contributed by atoms with Crippen molar-refractivity contribution >= 4 is 17.5 Å². The topological polar surface area (TPSA) is 78.5 Å². The molecular formula is C24H25ClFN3O3. The van der Waals surface area contributed by atoms with Gasteiger partial charge in [0.15, 0.2) is 0 Å². The maximum Gasteiger partial charge on any atom is 0.273 e. The molecule has 2 heterocycles. The molecule has 1 unspecified atom stereocenters. The van der Waals surface area contributed by atoms with Gasteiger partial charge in [0.2, 0.25) is 0 Å². The lowest BCUT2D eigenvalue weighted by molar-refractivity contribution is 0.0601. The summed E-state index contributed by atoms with van der Waals surface area (Å²) in [7, 11) is 0. The number of amides is 1. The number of H-pyrrole nitrogens is 1. The largest absolute Gasteiger partial charge is 0.507 e. The Morgan fingerprint density at radius 1 is 1.28 bits per heavy atom. The quantitative estimate of drug-likeness (QED) is 0.475. The molecule has 4 rings (SSSR count). The molecule has 0 spiro atoms. The van der Waals surface area contributed by atoms with E-state index in [0.717, 1.165) is 11.1 Å². The molecule has 0 radical (unpaired) electrons. The molecule has 1 aliphatic heterocycles. The minimum Gasteiger partial charge on any atom is -0.507 e. The second-order valence-electron chi connectivity index (χ2n) is 8.21. The zero-order valence-corrected chi connectivity index (χ0v) is 18.9. The third-order valence-corrected chi connectivity index (χ3v) is 5.98. The smallest absolute Gasteiger partial charge is 0.273 e. The van der Waals surface area contributed by atoms with E-state index in [0.29, 0.717) is 47.1 Å². The second-order valence-corrected chi connectivity index (χ2v) is 8.61. The van der Waals surface area contributed by atoms with Crippen molar-refractivity contribution in [2.24, 2.45) is 0 Å². The normalized spacial score (nSPS) is 15.6. The van der Waals surface area contributed by atoms with Crippen molar-refractivity contribution in [1.29, 1.82) is 0 Å². The standard InChI is InChI=1S/C24H25ClFN3O3/c1-13(2)32-10-4-9-29-23(15-5-7-16(26)8-6-15)20-21(27-28-22(20)24(29)31)17-12-18(25)14(3)11-19(17)30/h5-8,11-13,23,30H,4,9-10H2,1-3H3,(H,27,28). The van der Waals surface area contributed by atoms with Gasteiger partial charge in [-0.25, -0.2) is 4.39 Å². The van der Waals surface area contributed by atoms with E-state index in [1.165, 1.54) is 12.1 Å². The molecule has 2 N–H and O–H groups in total. The minimum absolute atomic E-state index is 0.0234. The molecule has 6 nitrogen and oxygen atoms in total. The Balaban J connectivity index is 1.78. The minimum atomic E-state index is -0.481. The van der Waals surface area contributed by atoms with Gasteiger partial charge >= 0.3 is 0 Å². The second kappa shape index (κ2) is 8.92. The molecule has 2 aromatic carbocycles. The molecule has 3 aromatic rings. The number of benzene rings is 2. The lowest BCUT2D eigenvalue weighted by atomic mass is 9.95. The highest BCUT2D eigenvalue weighted by atomic mass is 35.5. The fourth-order valence-corrected chi connectivity index (χ4v) is 4.20. The molecule has 0 saturated heterocycles. The molecular weight excluding hydrogens is 433 g/mol. The van der Waals surface area contributed by atoms with Crippen LogP contribution in [0.15, 0.2) is 36.4 Å². The number of ether oxygens (including phenoxy) is 1. The molecule has 1 aromatic heterocycles. The number of aromatic amines is 1. The van der Waals surface area contributed by atoms with Gasteiger partial charge in [0.25, 0.3) is 5.91 Å². The van der Waals surface area contributed by atoms with Crippen LogP contribution in [0.3, 0.4) is 0 Å². The fraction of sp³-hybridized carbons (Fsp3) is 0.333. The highest BCUT2D eigenvalue weighted by molar-refractivity contribution is 6.31. The summed E-state index contributed by atoms with van der Waals surface area (Å²) in [6.45, 7) is 6.70. The van der Waals surface area contributed by atoms with Crippen LogP contribution in [0.1, 0.15) is 53.5 Å². The van der Waals surface area contributed by atoms with Crippen LogP contribution in [0.25, 0.3) is 11.3 Å². The van der Waals surface area contributed by atoms with Gasteiger partial charge in [-0.1, -0.05) is 23.7 Å². The number of aryl methyl sites for hydroxylation is 1. The first-order valence-corrected chi connectivity index (χ1v) is 10.9. The van der Waals surface area contributed by atoms with Crippen LogP contribution in [0.5, 0.6) is 5.75 Å². The van der Waals surface area contributed by atoms with Gasteiger partial charge in [0.1, 0.15) is 23.0 Å². The van der Waals surface area contributed by atoms with Crippen LogP contribution in [0.4, 0.5) is 4.39 Å². The molecule has 0 saturated carbocycles. The van der Waals surface area contributed by atoms with Crippen molar-refractivity contribution in [3.05, 3.63) is 69.6 Å². The third kappa shape index (κ3) is 4.10. The first-order chi connectivity index (χ1) is 15.3. The van der Waals surface area contributed by atoms with Crippen molar-refractivity contribution in [2.75, 3.05) is 13.2 Å². The summed E-state index contributed by atoms with van der Waals surface area (Å²) < 4.78 is 19.3. The van der Waals surface area contributed by atoms with Crippen LogP contribution >= 0.6 is 11.6 Å². The number of aromatic nitrogens is 2. The number of phenols is 1. The summed E-state index contributed by atoms with van der Waals surface area (Å²) in [4.78, 5) is 15.0. The van der Waals surface area contributed by atoms with E-state index >= 15 is 0 Å². The monoisotopic (exact) mass is 457 g/mol. The number of carbonyl (C=O) groups excluding carboxylic acids is 1. The van der Waals surface area contributed by atoms with E-state index in [-0.39, 0.29) is 23.6 Å². The van der Waals surface area contributed by atoms with Crippen LogP contribution < -0.4 is 0 Å². The SMILES string of the molecule is Cc1cc(O)c(-c2n[nH]c3c2C(c2ccc(F)cc2)N(CCCOC(C)C)C3=O)cc1Cl. The molecule has 32 heavy (non-hydrogen) atoms. The predicted octanol–water partition coefficient (Wildman–Crippen LogP) is 5.24. The van der Waals surface area contributed by atoms with Gasteiger partial charge in [-0.2, -0.15) is 5.10 Å². The van der Waals surface area contributed by atoms with E-state index in [4.69, 9.17) is 16.3 Å². The number of fused-ring (bicyclic) bond motifs is 1. The molecule has 0 fully saturated rings. The lowest BCUT2D eigenvalue weighted by Gasteiger charge is -2.26. The summed E-state index contributed by atoms with van der Waals surface area (Å²) in [5.41, 5.74) is 3.37. The maximum atomic E-state index is 13.6. The van der Waals surface area contributed by atoms with E-state index in [9.17, 15) is 14.3 Å². The number of phenolic OH excluding ortho intramolecular Hbond substituents is 1. The van der Waals surface area contributed by atoms with Crippen molar-refractivity contribution < 1.29 is 19.0 Å². The Labute approximate surface area is 191 Å². The first kappa shape index (κ1) is 22.3. The van der Waals surface area contributed by atoms with Crippen molar-refractivity contribution in [3.63, 3.8) is 0 Å². The zero-order valence-electron chi connectivity index (χ0n) is 18.2. The van der Waals surface area contributed by atoms with Gasteiger partial charge in [-0.3, -0.25) is 9.89 Å². The first-order valence-electron chi connectivity index (χ1n) is 10.5. The molecule has 8 heteroatoms. The highest BCUT2D eigenvalue weighted by Gasteiger charge is 2.42. The number of hydrogen-bond acceptors (Lipinski definition) is 4. The summed E-state index contributed by atoms with van der Waals surface area (Å²) >= 11 is 6.31. The lowest BCUT2D eigenvalue weighted by Crippen LogP contribution is -2.31. The van der Waals surface area contributed by atoms with E-state index in [2.05, 4.69) is 10.2 Å². The predicted molar refractivity (Wildman–Crippen MR) is 120 cm³/mol. The van der Waals surface area contributed by atoms with Gasteiger partial charge in [0, 0.05) is 29.3 Å². The Morgan fingerprint density at radius 3 is 2.69 bits per heavy atom. The summed E-state index contributed by atoms with van der Waals surface area (Å²) in [5, 5.41) is 18.3. The zero-order chi connectivity index (χ0) is 23.0. The van der Waals surface area contributed by atoms with E-state index in [1.54, 1.807) is 36.1 Å². The number of aromatic hydroxyl groups is 1. The van der Waals surface area contributed by atoms with Crippen LogP contribution in [-0.2, 0) is 4.74 Å². The molecule has 0 bridgehead atoms. The number of halogens is 2. The average molecular weight is 458 g/mol. The molecule has 1 aliphatic rings. The number of carbonyl (C=O) groups is 1. The van der Waals surface area contributed by atoms with Gasteiger partial charge in [0.05, 0.1) is 12.1 Å².